The van der Waals surface area contributed by atoms with Crippen LogP contribution in [-0.4, -0.2) is 4.98 Å². The molecule has 0 amide bonds. The highest BCUT2D eigenvalue weighted by Gasteiger charge is 2.19. The van der Waals surface area contributed by atoms with Gasteiger partial charge in [0.1, 0.15) is 11.8 Å². The third-order valence-corrected chi connectivity index (χ3v) is 3.03. The number of benzene rings is 1. The van der Waals surface area contributed by atoms with Gasteiger partial charge in [-0.05, 0) is 30.0 Å². The van der Waals surface area contributed by atoms with Crippen LogP contribution in [-0.2, 0) is 5.41 Å². The summed E-state index contributed by atoms with van der Waals surface area (Å²) in [4.78, 5) is 4.15. The van der Waals surface area contributed by atoms with Crippen molar-refractivity contribution < 1.29 is 4.74 Å². The van der Waals surface area contributed by atoms with E-state index in [1.165, 1.54) is 6.20 Å². The first kappa shape index (κ1) is 14.1. The number of ether oxygens (including phenoxy) is 1. The number of nitrogens with zero attached hydrogens (tertiary/aromatic N) is 2. The molecule has 0 aliphatic carbocycles. The van der Waals surface area contributed by atoms with Crippen LogP contribution in [0.25, 0.3) is 0 Å². The van der Waals surface area contributed by atoms with E-state index in [4.69, 9.17) is 10.00 Å². The lowest BCUT2D eigenvalue weighted by atomic mass is 9.86. The molecule has 0 unspecified atom stereocenters. The van der Waals surface area contributed by atoms with Crippen LogP contribution in [0.3, 0.4) is 0 Å². The summed E-state index contributed by atoms with van der Waals surface area (Å²) in [5, 5.41) is 8.77. The van der Waals surface area contributed by atoms with Gasteiger partial charge < -0.3 is 4.74 Å². The molecule has 0 fully saturated rings. The van der Waals surface area contributed by atoms with Gasteiger partial charge in [0.05, 0.1) is 5.56 Å². The standard InChI is InChI=1S/C17H18N2O/c1-12-5-7-14(17(2,3)4)15(9-12)20-16-8-6-13(10-18)11-19-16/h5-9,11H,1-4H3. The number of rotatable bonds is 2. The molecular weight excluding hydrogens is 248 g/mol. The van der Waals surface area contributed by atoms with Crippen LogP contribution in [0.4, 0.5) is 0 Å². The third kappa shape index (κ3) is 3.16. The normalized spacial score (nSPS) is 10.9. The monoisotopic (exact) mass is 266 g/mol. The number of pyridine rings is 1. The van der Waals surface area contributed by atoms with Gasteiger partial charge in [0.2, 0.25) is 5.88 Å². The topological polar surface area (TPSA) is 45.9 Å². The Kier molecular flexibility index (Phi) is 3.76. The van der Waals surface area contributed by atoms with E-state index in [0.29, 0.717) is 11.4 Å². The van der Waals surface area contributed by atoms with Crippen molar-refractivity contribution in [2.45, 2.75) is 33.1 Å². The molecule has 102 valence electrons. The quantitative estimate of drug-likeness (QED) is 0.811. The molecule has 0 saturated heterocycles. The summed E-state index contributed by atoms with van der Waals surface area (Å²) in [6, 6.07) is 11.7. The first-order chi connectivity index (χ1) is 9.40. The van der Waals surface area contributed by atoms with Crippen molar-refractivity contribution in [2.24, 2.45) is 0 Å². The highest BCUT2D eigenvalue weighted by Crippen LogP contribution is 2.34. The summed E-state index contributed by atoms with van der Waals surface area (Å²) in [5.41, 5.74) is 2.80. The lowest BCUT2D eigenvalue weighted by molar-refractivity contribution is 0.439. The summed E-state index contributed by atoms with van der Waals surface area (Å²) in [5.74, 6) is 1.31. The number of aryl methyl sites for hydroxylation is 1. The van der Waals surface area contributed by atoms with E-state index in [-0.39, 0.29) is 5.41 Å². The highest BCUT2D eigenvalue weighted by molar-refractivity contribution is 5.43. The molecule has 0 N–H and O–H groups in total. The van der Waals surface area contributed by atoms with Crippen molar-refractivity contribution in [3.8, 4) is 17.7 Å². The minimum absolute atomic E-state index is 0.00434. The molecule has 0 aliphatic heterocycles. The van der Waals surface area contributed by atoms with Gasteiger partial charge in [-0.1, -0.05) is 32.9 Å². The van der Waals surface area contributed by atoms with E-state index in [0.717, 1.165) is 16.9 Å². The Morgan fingerprint density at radius 3 is 2.45 bits per heavy atom. The Balaban J connectivity index is 2.37. The molecule has 20 heavy (non-hydrogen) atoms. The van der Waals surface area contributed by atoms with Crippen molar-refractivity contribution in [3.63, 3.8) is 0 Å². The molecule has 2 aromatic rings. The minimum Gasteiger partial charge on any atom is -0.439 e. The molecule has 0 bridgehead atoms. The second-order valence-electron chi connectivity index (χ2n) is 5.85. The second-order valence-corrected chi connectivity index (χ2v) is 5.85. The summed E-state index contributed by atoms with van der Waals surface area (Å²) in [7, 11) is 0. The van der Waals surface area contributed by atoms with Crippen LogP contribution in [0.15, 0.2) is 36.5 Å². The SMILES string of the molecule is Cc1ccc(C(C)(C)C)c(Oc2ccc(C#N)cn2)c1. The number of hydrogen-bond acceptors (Lipinski definition) is 3. The van der Waals surface area contributed by atoms with Crippen molar-refractivity contribution in [1.82, 2.24) is 4.98 Å². The van der Waals surface area contributed by atoms with Gasteiger partial charge in [-0.15, -0.1) is 0 Å². The number of aromatic nitrogens is 1. The van der Waals surface area contributed by atoms with E-state index in [1.807, 2.05) is 19.1 Å². The Morgan fingerprint density at radius 1 is 1.15 bits per heavy atom. The van der Waals surface area contributed by atoms with Crippen molar-refractivity contribution in [1.29, 1.82) is 5.26 Å². The van der Waals surface area contributed by atoms with Crippen molar-refractivity contribution in [3.05, 3.63) is 53.2 Å². The van der Waals surface area contributed by atoms with E-state index in [1.54, 1.807) is 12.1 Å². The lowest BCUT2D eigenvalue weighted by Crippen LogP contribution is -2.12. The summed E-state index contributed by atoms with van der Waals surface area (Å²) >= 11 is 0. The second kappa shape index (κ2) is 5.34. The fourth-order valence-corrected chi connectivity index (χ4v) is 1.95. The summed E-state index contributed by atoms with van der Waals surface area (Å²) in [6.45, 7) is 8.48. The molecule has 0 atom stereocenters. The predicted octanol–water partition coefficient (Wildman–Crippen LogP) is 4.35. The molecule has 3 heteroatoms. The lowest BCUT2D eigenvalue weighted by Gasteiger charge is -2.22. The molecule has 0 aliphatic rings. The van der Waals surface area contributed by atoms with Gasteiger partial charge in [-0.3, -0.25) is 0 Å². The average molecular weight is 266 g/mol. The number of hydrogen-bond donors (Lipinski definition) is 0. The number of nitriles is 1. The highest BCUT2D eigenvalue weighted by atomic mass is 16.5. The van der Waals surface area contributed by atoms with Gasteiger partial charge in [0.25, 0.3) is 0 Å². The van der Waals surface area contributed by atoms with E-state index < -0.39 is 0 Å². The average Bonchev–Trinajstić information content (AvgIpc) is 2.38. The summed E-state index contributed by atoms with van der Waals surface area (Å²) < 4.78 is 5.90. The maximum Gasteiger partial charge on any atom is 0.219 e. The van der Waals surface area contributed by atoms with Crippen molar-refractivity contribution in [2.75, 3.05) is 0 Å². The molecule has 3 nitrogen and oxygen atoms in total. The molecule has 2 rings (SSSR count). The first-order valence-corrected chi connectivity index (χ1v) is 6.55. The molecule has 0 spiro atoms. The van der Waals surface area contributed by atoms with Gasteiger partial charge in [-0.2, -0.15) is 5.26 Å². The summed E-state index contributed by atoms with van der Waals surface area (Å²) in [6.07, 6.45) is 1.52. The van der Waals surface area contributed by atoms with Crippen LogP contribution < -0.4 is 4.74 Å². The Hall–Kier alpha value is -2.34. The Bertz CT molecular complexity index is 646. The molecule has 1 aromatic carbocycles. The van der Waals surface area contributed by atoms with E-state index >= 15 is 0 Å². The maximum absolute atomic E-state index is 8.77. The molecule has 0 saturated carbocycles. The van der Waals surface area contributed by atoms with Gasteiger partial charge in [-0.25, -0.2) is 4.98 Å². The van der Waals surface area contributed by atoms with E-state index in [9.17, 15) is 0 Å². The fourth-order valence-electron chi connectivity index (χ4n) is 1.95. The van der Waals surface area contributed by atoms with E-state index in [2.05, 4.69) is 37.9 Å². The molecular formula is C17H18N2O. The molecule has 1 heterocycles. The van der Waals surface area contributed by atoms with Gasteiger partial charge in [0, 0.05) is 17.8 Å². The zero-order valence-electron chi connectivity index (χ0n) is 12.3. The first-order valence-electron chi connectivity index (χ1n) is 6.55. The van der Waals surface area contributed by atoms with Crippen LogP contribution in [0.5, 0.6) is 11.6 Å². The predicted molar refractivity (Wildman–Crippen MR) is 78.9 cm³/mol. The smallest absolute Gasteiger partial charge is 0.219 e. The molecule has 1 aromatic heterocycles. The van der Waals surface area contributed by atoms with Crippen LogP contribution in [0.1, 0.15) is 37.5 Å². The van der Waals surface area contributed by atoms with Gasteiger partial charge in [0.15, 0.2) is 0 Å². The fraction of sp³-hybridized carbons (Fsp3) is 0.294. The van der Waals surface area contributed by atoms with Gasteiger partial charge >= 0.3 is 0 Å². The van der Waals surface area contributed by atoms with Crippen LogP contribution in [0, 0.1) is 18.3 Å². The minimum atomic E-state index is -0.00434. The zero-order valence-corrected chi connectivity index (χ0v) is 12.3. The van der Waals surface area contributed by atoms with Crippen LogP contribution in [0.2, 0.25) is 0 Å². The Labute approximate surface area is 119 Å². The largest absolute Gasteiger partial charge is 0.439 e. The third-order valence-electron chi connectivity index (χ3n) is 3.03. The maximum atomic E-state index is 8.77. The van der Waals surface area contributed by atoms with Crippen molar-refractivity contribution >= 4 is 0 Å². The van der Waals surface area contributed by atoms with Crippen LogP contribution >= 0.6 is 0 Å². The Morgan fingerprint density at radius 2 is 1.90 bits per heavy atom. The molecule has 0 radical (unpaired) electrons. The zero-order chi connectivity index (χ0) is 14.8.